The van der Waals surface area contributed by atoms with Crippen molar-refractivity contribution < 1.29 is 18.7 Å². The van der Waals surface area contributed by atoms with Crippen LogP contribution in [0.15, 0.2) is 0 Å². The highest BCUT2D eigenvalue weighted by Crippen LogP contribution is 2.31. The van der Waals surface area contributed by atoms with E-state index >= 15 is 0 Å². The summed E-state index contributed by atoms with van der Waals surface area (Å²) in [6.45, 7) is 5.76. The summed E-state index contributed by atoms with van der Waals surface area (Å²) >= 11 is 0. The first-order chi connectivity index (χ1) is 10.6. The second-order valence-electron chi connectivity index (χ2n) is 6.01. The number of rotatable bonds is 15. The van der Waals surface area contributed by atoms with Crippen LogP contribution in [-0.2, 0) is 13.8 Å². The molecule has 1 amide bonds. The van der Waals surface area contributed by atoms with E-state index in [0.29, 0.717) is 13.0 Å². The van der Waals surface area contributed by atoms with Gasteiger partial charge in [-0.25, -0.2) is 0 Å². The van der Waals surface area contributed by atoms with Crippen molar-refractivity contribution in [3.05, 3.63) is 0 Å². The maximum atomic E-state index is 11.6. The molecule has 0 aliphatic rings. The number of carbonyl (C=O) groups excluding carboxylic acids is 1. The topological polar surface area (TPSA) is 67.8 Å². The number of unbranched alkanes of at least 4 members (excludes halogenated alkanes) is 5. The third-order valence-electron chi connectivity index (χ3n) is 3.44. The standard InChI is InChI=1S/C16H34NO4P/c1-15(2)11-7-6-8-12-16(18)17-13-9-4-5-10-14-21-22(19)20-3/h15,19H,4-14H2,1-3H3,(H,17,18). The lowest BCUT2D eigenvalue weighted by Crippen LogP contribution is -2.23. The smallest absolute Gasteiger partial charge is 0.329 e. The fourth-order valence-electron chi connectivity index (χ4n) is 2.11. The van der Waals surface area contributed by atoms with E-state index in [9.17, 15) is 4.79 Å². The van der Waals surface area contributed by atoms with Crippen molar-refractivity contribution in [2.75, 3.05) is 20.3 Å². The van der Waals surface area contributed by atoms with Crippen molar-refractivity contribution in [3.8, 4) is 0 Å². The zero-order valence-electron chi connectivity index (χ0n) is 14.5. The molecule has 1 unspecified atom stereocenters. The molecule has 22 heavy (non-hydrogen) atoms. The Hall–Kier alpha value is -0.220. The molecule has 0 aromatic heterocycles. The van der Waals surface area contributed by atoms with Crippen molar-refractivity contribution in [2.45, 2.75) is 71.6 Å². The molecule has 1 atom stereocenters. The number of hydrogen-bond acceptors (Lipinski definition) is 4. The number of amides is 1. The predicted octanol–water partition coefficient (Wildman–Crippen LogP) is 4.15. The van der Waals surface area contributed by atoms with E-state index in [0.717, 1.165) is 51.0 Å². The Bertz CT molecular complexity index is 265. The Morgan fingerprint density at radius 1 is 1.09 bits per heavy atom. The minimum atomic E-state index is -1.68. The van der Waals surface area contributed by atoms with E-state index in [1.807, 2.05) is 0 Å². The number of nitrogens with one attached hydrogen (secondary N) is 1. The van der Waals surface area contributed by atoms with Gasteiger partial charge in [0.25, 0.3) is 0 Å². The second-order valence-corrected chi connectivity index (χ2v) is 7.11. The molecule has 0 aromatic carbocycles. The molecule has 0 saturated carbocycles. The van der Waals surface area contributed by atoms with Crippen molar-refractivity contribution in [3.63, 3.8) is 0 Å². The lowest BCUT2D eigenvalue weighted by atomic mass is 10.0. The van der Waals surface area contributed by atoms with Crippen molar-refractivity contribution >= 4 is 14.5 Å². The van der Waals surface area contributed by atoms with E-state index < -0.39 is 8.60 Å². The third kappa shape index (κ3) is 16.2. The zero-order valence-corrected chi connectivity index (χ0v) is 15.4. The molecule has 0 bridgehead atoms. The molecule has 132 valence electrons. The van der Waals surface area contributed by atoms with Crippen LogP contribution in [0, 0.1) is 5.92 Å². The molecule has 0 fully saturated rings. The molecule has 0 aliphatic heterocycles. The molecular weight excluding hydrogens is 301 g/mol. The number of carbonyl (C=O) groups is 1. The van der Waals surface area contributed by atoms with Crippen LogP contribution in [0.5, 0.6) is 0 Å². The van der Waals surface area contributed by atoms with E-state index in [1.165, 1.54) is 20.0 Å². The van der Waals surface area contributed by atoms with Gasteiger partial charge in [0.2, 0.25) is 5.91 Å². The molecule has 0 rings (SSSR count). The molecule has 0 heterocycles. The van der Waals surface area contributed by atoms with Gasteiger partial charge < -0.3 is 19.3 Å². The molecule has 0 aromatic rings. The van der Waals surface area contributed by atoms with E-state index in [2.05, 4.69) is 23.7 Å². The van der Waals surface area contributed by atoms with Crippen molar-refractivity contribution in [2.24, 2.45) is 5.92 Å². The van der Waals surface area contributed by atoms with Gasteiger partial charge in [0, 0.05) is 20.1 Å². The molecule has 6 heteroatoms. The summed E-state index contributed by atoms with van der Waals surface area (Å²) < 4.78 is 9.67. The molecule has 0 saturated heterocycles. The highest BCUT2D eigenvalue weighted by Gasteiger charge is 2.03. The van der Waals surface area contributed by atoms with Gasteiger partial charge in [-0.15, -0.1) is 0 Å². The third-order valence-corrected chi connectivity index (χ3v) is 4.15. The van der Waals surface area contributed by atoms with Gasteiger partial charge in [0.15, 0.2) is 0 Å². The van der Waals surface area contributed by atoms with Crippen LogP contribution >= 0.6 is 8.60 Å². The SMILES string of the molecule is COP(O)OCCCCCCNC(=O)CCCCCC(C)C. The van der Waals surface area contributed by atoms with Gasteiger partial charge in [-0.05, 0) is 25.2 Å². The highest BCUT2D eigenvalue weighted by molar-refractivity contribution is 7.40. The van der Waals surface area contributed by atoms with Gasteiger partial charge in [0.1, 0.15) is 0 Å². The van der Waals surface area contributed by atoms with Crippen molar-refractivity contribution in [1.82, 2.24) is 5.32 Å². The molecular formula is C16H34NO4P. The van der Waals surface area contributed by atoms with Crippen LogP contribution in [0.3, 0.4) is 0 Å². The molecule has 0 spiro atoms. The average Bonchev–Trinajstić information content (AvgIpc) is 2.48. The fraction of sp³-hybridized carbons (Fsp3) is 0.938. The summed E-state index contributed by atoms with van der Waals surface area (Å²) in [6.07, 6.45) is 9.30. The lowest BCUT2D eigenvalue weighted by Gasteiger charge is -2.08. The summed E-state index contributed by atoms with van der Waals surface area (Å²) in [4.78, 5) is 20.7. The predicted molar refractivity (Wildman–Crippen MR) is 91.5 cm³/mol. The van der Waals surface area contributed by atoms with Gasteiger partial charge in [0.05, 0.1) is 6.61 Å². The molecule has 5 nitrogen and oxygen atoms in total. The summed E-state index contributed by atoms with van der Waals surface area (Å²) in [5.41, 5.74) is 0. The maximum absolute atomic E-state index is 11.6. The van der Waals surface area contributed by atoms with E-state index in [-0.39, 0.29) is 5.91 Å². The van der Waals surface area contributed by atoms with Gasteiger partial charge >= 0.3 is 8.60 Å². The second kappa shape index (κ2) is 15.7. The molecule has 2 N–H and O–H groups in total. The minimum absolute atomic E-state index is 0.180. The fourth-order valence-corrected chi connectivity index (χ4v) is 2.50. The highest BCUT2D eigenvalue weighted by atomic mass is 31.2. The quantitative estimate of drug-likeness (QED) is 0.348. The van der Waals surface area contributed by atoms with Crippen LogP contribution in [0.2, 0.25) is 0 Å². The van der Waals surface area contributed by atoms with Crippen molar-refractivity contribution in [1.29, 1.82) is 0 Å². The summed E-state index contributed by atoms with van der Waals surface area (Å²) in [6, 6.07) is 0. The van der Waals surface area contributed by atoms with Gasteiger partial charge in [-0.1, -0.05) is 46.0 Å². The van der Waals surface area contributed by atoms with Gasteiger partial charge in [-0.2, -0.15) is 0 Å². The summed E-state index contributed by atoms with van der Waals surface area (Å²) in [5, 5.41) is 2.97. The Kier molecular flexibility index (Phi) is 15.5. The first kappa shape index (κ1) is 21.8. The molecule has 0 aliphatic carbocycles. The Labute approximate surface area is 137 Å². The van der Waals surface area contributed by atoms with Crippen LogP contribution in [0.25, 0.3) is 0 Å². The first-order valence-corrected chi connectivity index (χ1v) is 9.62. The minimum Gasteiger partial charge on any atom is -0.356 e. The summed E-state index contributed by atoms with van der Waals surface area (Å²) in [7, 11) is -0.255. The maximum Gasteiger partial charge on any atom is 0.329 e. The van der Waals surface area contributed by atoms with Crippen LogP contribution in [-0.4, -0.2) is 31.1 Å². The normalized spacial score (nSPS) is 12.6. The van der Waals surface area contributed by atoms with E-state index in [4.69, 9.17) is 9.42 Å². The Morgan fingerprint density at radius 3 is 2.45 bits per heavy atom. The Balaban J connectivity index is 3.21. The summed E-state index contributed by atoms with van der Waals surface area (Å²) in [5.74, 6) is 0.942. The Morgan fingerprint density at radius 2 is 1.77 bits per heavy atom. The largest absolute Gasteiger partial charge is 0.356 e. The monoisotopic (exact) mass is 335 g/mol. The van der Waals surface area contributed by atoms with Crippen LogP contribution in [0.1, 0.15) is 71.6 Å². The molecule has 0 radical (unpaired) electrons. The zero-order chi connectivity index (χ0) is 16.6. The lowest BCUT2D eigenvalue weighted by molar-refractivity contribution is -0.121. The first-order valence-electron chi connectivity index (χ1n) is 8.49. The van der Waals surface area contributed by atoms with Gasteiger partial charge in [-0.3, -0.25) is 4.79 Å². The van der Waals surface area contributed by atoms with Crippen LogP contribution in [0.4, 0.5) is 0 Å². The number of hydrogen-bond donors (Lipinski definition) is 2. The average molecular weight is 335 g/mol. The van der Waals surface area contributed by atoms with E-state index in [1.54, 1.807) is 0 Å². The van der Waals surface area contributed by atoms with Crippen LogP contribution < -0.4 is 5.32 Å².